The van der Waals surface area contributed by atoms with Crippen LogP contribution in [0.1, 0.15) is 13.3 Å². The van der Waals surface area contributed by atoms with Crippen molar-refractivity contribution in [2.24, 2.45) is 0 Å². The molecule has 4 nitrogen and oxygen atoms in total. The highest BCUT2D eigenvalue weighted by atomic mass is 35.7. The minimum Gasteiger partial charge on any atom is -0.324 e. The molecule has 1 aliphatic rings. The van der Waals surface area contributed by atoms with Crippen LogP contribution in [0.4, 0.5) is 5.69 Å². The summed E-state index contributed by atoms with van der Waals surface area (Å²) in [6, 6.07) is 4.49. The molecule has 1 aromatic carbocycles. The van der Waals surface area contributed by atoms with Crippen LogP contribution in [0.3, 0.4) is 0 Å². The molecule has 0 spiro atoms. The van der Waals surface area contributed by atoms with Gasteiger partial charge in [0.05, 0.1) is 15.8 Å². The molecule has 17 heavy (non-hydrogen) atoms. The Balaban J connectivity index is 2.43. The van der Waals surface area contributed by atoms with E-state index < -0.39 is 9.05 Å². The first kappa shape index (κ1) is 12.7. The van der Waals surface area contributed by atoms with Crippen molar-refractivity contribution in [2.45, 2.75) is 28.4 Å². The molecule has 1 N–H and O–H groups in total. The number of thioether (sulfide) groups is 1. The lowest BCUT2D eigenvalue weighted by molar-refractivity contribution is -0.115. The summed E-state index contributed by atoms with van der Waals surface area (Å²) in [6.45, 7) is 1.93. The second-order valence-corrected chi connectivity index (χ2v) is 7.41. The minimum atomic E-state index is -3.76. The number of halogens is 1. The zero-order valence-electron chi connectivity index (χ0n) is 8.94. The van der Waals surface area contributed by atoms with Gasteiger partial charge in [-0.3, -0.25) is 4.79 Å². The van der Waals surface area contributed by atoms with Gasteiger partial charge in [-0.1, -0.05) is 6.92 Å². The zero-order chi connectivity index (χ0) is 12.6. The van der Waals surface area contributed by atoms with E-state index in [2.05, 4.69) is 5.32 Å². The topological polar surface area (TPSA) is 63.2 Å². The van der Waals surface area contributed by atoms with Crippen molar-refractivity contribution in [3.8, 4) is 0 Å². The Hall–Kier alpha value is -0.720. The summed E-state index contributed by atoms with van der Waals surface area (Å²) in [4.78, 5) is 12.5. The van der Waals surface area contributed by atoms with Gasteiger partial charge in [0, 0.05) is 15.6 Å². The maximum atomic E-state index is 11.6. The first-order valence-electron chi connectivity index (χ1n) is 4.98. The van der Waals surface area contributed by atoms with E-state index in [-0.39, 0.29) is 16.1 Å². The molecule has 2 rings (SSSR count). The monoisotopic (exact) mass is 291 g/mol. The Bertz CT molecular complexity index is 571. The fraction of sp³-hybridized carbons (Fsp3) is 0.300. The summed E-state index contributed by atoms with van der Waals surface area (Å²) >= 11 is 1.43. The van der Waals surface area contributed by atoms with Gasteiger partial charge in [0.15, 0.2) is 0 Å². The molecule has 1 unspecified atom stereocenters. The Morgan fingerprint density at radius 2 is 2.18 bits per heavy atom. The van der Waals surface area contributed by atoms with Crippen molar-refractivity contribution in [3.05, 3.63) is 18.2 Å². The lowest BCUT2D eigenvalue weighted by Gasteiger charge is -2.23. The molecule has 92 valence electrons. The van der Waals surface area contributed by atoms with E-state index in [1.807, 2.05) is 6.92 Å². The summed E-state index contributed by atoms with van der Waals surface area (Å²) in [5.74, 6) is -0.103. The fourth-order valence-corrected chi connectivity index (χ4v) is 3.35. The van der Waals surface area contributed by atoms with E-state index in [1.165, 1.54) is 23.9 Å². The van der Waals surface area contributed by atoms with Gasteiger partial charge in [0.25, 0.3) is 9.05 Å². The van der Waals surface area contributed by atoms with Crippen LogP contribution in [-0.2, 0) is 13.8 Å². The fourth-order valence-electron chi connectivity index (χ4n) is 1.55. The molecule has 7 heteroatoms. The average Bonchev–Trinajstić information content (AvgIpc) is 2.26. The highest BCUT2D eigenvalue weighted by Gasteiger charge is 2.26. The molecule has 1 heterocycles. The number of anilines is 1. The van der Waals surface area contributed by atoms with Crippen molar-refractivity contribution < 1.29 is 13.2 Å². The van der Waals surface area contributed by atoms with Gasteiger partial charge >= 0.3 is 0 Å². The van der Waals surface area contributed by atoms with Crippen LogP contribution in [0.5, 0.6) is 0 Å². The van der Waals surface area contributed by atoms with Crippen LogP contribution in [-0.4, -0.2) is 19.6 Å². The number of hydrogen-bond donors (Lipinski definition) is 1. The van der Waals surface area contributed by atoms with Crippen molar-refractivity contribution >= 4 is 43.1 Å². The van der Waals surface area contributed by atoms with E-state index in [1.54, 1.807) is 6.07 Å². The molecule has 0 aliphatic carbocycles. The van der Waals surface area contributed by atoms with E-state index in [4.69, 9.17) is 10.7 Å². The van der Waals surface area contributed by atoms with Gasteiger partial charge in [0.1, 0.15) is 0 Å². The largest absolute Gasteiger partial charge is 0.324 e. The standard InChI is InChI=1S/C10H10ClNO3S2/c1-2-8-10(13)12-7-5-6(17(11,14)15)3-4-9(7)16-8/h3-5,8H,2H2,1H3,(H,12,13). The van der Waals surface area contributed by atoms with E-state index in [0.29, 0.717) is 5.69 Å². The van der Waals surface area contributed by atoms with Gasteiger partial charge in [0.2, 0.25) is 5.91 Å². The molecule has 0 aromatic heterocycles. The van der Waals surface area contributed by atoms with E-state index >= 15 is 0 Å². The maximum absolute atomic E-state index is 11.6. The van der Waals surface area contributed by atoms with Crippen LogP contribution >= 0.6 is 22.4 Å². The molecule has 1 atom stereocenters. The van der Waals surface area contributed by atoms with Crippen LogP contribution in [0.2, 0.25) is 0 Å². The third kappa shape index (κ3) is 2.59. The second kappa shape index (κ2) is 4.51. The molecule has 1 aliphatic heterocycles. The quantitative estimate of drug-likeness (QED) is 0.850. The number of hydrogen-bond acceptors (Lipinski definition) is 4. The Morgan fingerprint density at radius 1 is 1.47 bits per heavy atom. The summed E-state index contributed by atoms with van der Waals surface area (Å²) < 4.78 is 22.3. The lowest BCUT2D eigenvalue weighted by Crippen LogP contribution is -2.28. The molecule has 1 amide bonds. The Kier molecular flexibility index (Phi) is 3.38. The average molecular weight is 292 g/mol. The number of benzene rings is 1. The number of rotatable bonds is 2. The Morgan fingerprint density at radius 3 is 2.76 bits per heavy atom. The van der Waals surface area contributed by atoms with Crippen molar-refractivity contribution in [1.82, 2.24) is 0 Å². The van der Waals surface area contributed by atoms with Gasteiger partial charge in [-0.2, -0.15) is 0 Å². The van der Waals surface area contributed by atoms with Crippen LogP contribution in [0.15, 0.2) is 28.0 Å². The van der Waals surface area contributed by atoms with Crippen LogP contribution in [0.25, 0.3) is 0 Å². The van der Waals surface area contributed by atoms with Crippen molar-refractivity contribution in [1.29, 1.82) is 0 Å². The SMILES string of the molecule is CCC1Sc2ccc(S(=O)(=O)Cl)cc2NC1=O. The van der Waals surface area contributed by atoms with E-state index in [0.717, 1.165) is 11.3 Å². The number of carbonyl (C=O) groups excluding carboxylic acids is 1. The predicted octanol–water partition coefficient (Wildman–Crippen LogP) is 2.44. The number of amides is 1. The Labute approximate surface area is 108 Å². The lowest BCUT2D eigenvalue weighted by atomic mass is 10.2. The summed E-state index contributed by atoms with van der Waals surface area (Å²) in [6.07, 6.45) is 0.728. The van der Waals surface area contributed by atoms with Crippen LogP contribution in [0, 0.1) is 0 Å². The first-order valence-corrected chi connectivity index (χ1v) is 8.17. The van der Waals surface area contributed by atoms with Gasteiger partial charge in [-0.25, -0.2) is 8.42 Å². The second-order valence-electron chi connectivity index (χ2n) is 3.60. The molecular weight excluding hydrogens is 282 g/mol. The number of fused-ring (bicyclic) bond motifs is 1. The molecule has 1 aromatic rings. The highest BCUT2D eigenvalue weighted by Crippen LogP contribution is 2.38. The number of nitrogens with one attached hydrogen (secondary N) is 1. The zero-order valence-corrected chi connectivity index (χ0v) is 11.3. The summed E-state index contributed by atoms with van der Waals surface area (Å²) in [5.41, 5.74) is 0.506. The molecule has 0 bridgehead atoms. The van der Waals surface area contributed by atoms with Crippen molar-refractivity contribution in [3.63, 3.8) is 0 Å². The van der Waals surface area contributed by atoms with Gasteiger partial charge in [-0.05, 0) is 24.6 Å². The predicted molar refractivity (Wildman–Crippen MR) is 68.0 cm³/mol. The molecular formula is C10H10ClNO3S2. The van der Waals surface area contributed by atoms with Crippen LogP contribution < -0.4 is 5.32 Å². The first-order chi connectivity index (χ1) is 7.91. The van der Waals surface area contributed by atoms with Crippen molar-refractivity contribution in [2.75, 3.05) is 5.32 Å². The number of carbonyl (C=O) groups is 1. The summed E-state index contributed by atoms with van der Waals surface area (Å²) in [5, 5.41) is 2.57. The molecule has 0 fully saturated rings. The minimum absolute atomic E-state index is 0.00577. The third-order valence-electron chi connectivity index (χ3n) is 2.42. The third-order valence-corrected chi connectivity index (χ3v) is 5.22. The van der Waals surface area contributed by atoms with E-state index in [9.17, 15) is 13.2 Å². The molecule has 0 radical (unpaired) electrons. The normalized spacial score (nSPS) is 19.6. The van der Waals surface area contributed by atoms with Gasteiger partial charge in [-0.15, -0.1) is 11.8 Å². The molecule has 0 saturated heterocycles. The summed E-state index contributed by atoms with van der Waals surface area (Å²) in [7, 11) is 1.48. The maximum Gasteiger partial charge on any atom is 0.261 e. The smallest absolute Gasteiger partial charge is 0.261 e. The molecule has 0 saturated carbocycles. The van der Waals surface area contributed by atoms with Gasteiger partial charge < -0.3 is 5.32 Å². The highest BCUT2D eigenvalue weighted by molar-refractivity contribution is 8.13.